The molecule has 8 fully saturated rings. The van der Waals surface area contributed by atoms with E-state index < -0.39 is 152 Å². The number of rotatable bonds is 9. The van der Waals surface area contributed by atoms with Gasteiger partial charge in [-0.1, -0.05) is 76.9 Å². The van der Waals surface area contributed by atoms with E-state index >= 15 is 17.6 Å². The fourth-order valence-corrected chi connectivity index (χ4v) is 17.8. The van der Waals surface area contributed by atoms with Crippen LogP contribution in [0.25, 0.3) is 0 Å². The van der Waals surface area contributed by atoms with Crippen molar-refractivity contribution >= 4 is 80.5 Å². The number of esters is 1. The number of hydrogen-bond acceptors (Lipinski definition) is 14. The molecule has 0 radical (unpaired) electrons. The third-order valence-corrected chi connectivity index (χ3v) is 22.7. The largest absolute Gasteiger partial charge is 0.457 e. The molecule has 14 nitrogen and oxygen atoms in total. The summed E-state index contributed by atoms with van der Waals surface area (Å²) in [5.74, 6) is -6.55. The number of aliphatic hydroxyl groups is 3. The van der Waals surface area contributed by atoms with Crippen LogP contribution in [0.5, 0.6) is 0 Å². The number of fused-ring (bicyclic) bond motifs is 14. The van der Waals surface area contributed by atoms with Gasteiger partial charge in [0.15, 0.2) is 46.5 Å². The number of benzene rings is 2. The molecule has 12 rings (SSSR count). The van der Waals surface area contributed by atoms with E-state index in [9.17, 15) is 44.1 Å². The fraction of sp³-hybridized carbons (Fsp3) is 0.594. The summed E-state index contributed by atoms with van der Waals surface area (Å²) < 4.78 is 71.9. The minimum atomic E-state index is -2.27. The summed E-state index contributed by atoms with van der Waals surface area (Å²) in [6.07, 6.45) is 1.38. The molecule has 0 aromatic heterocycles. The number of ketones is 4. The van der Waals surface area contributed by atoms with Gasteiger partial charge in [0, 0.05) is 61.3 Å². The van der Waals surface area contributed by atoms with Gasteiger partial charge in [-0.15, -0.1) is 0 Å². The van der Waals surface area contributed by atoms with E-state index in [1.165, 1.54) is 24.3 Å². The number of anilines is 2. The molecule has 8 aliphatic carbocycles. The topological polar surface area (TPSA) is 197 Å². The first-order chi connectivity index (χ1) is 39.7. The Morgan fingerprint density at radius 3 is 1.36 bits per heavy atom. The number of nitrogens with zero attached hydrogens (tertiary/aromatic N) is 2. The third kappa shape index (κ3) is 9.23. The number of Topliss-reactive ketones (excluding diaryl/α,β-unsaturated/α-hetero) is 2. The summed E-state index contributed by atoms with van der Waals surface area (Å²) in [4.78, 5) is 87.2. The van der Waals surface area contributed by atoms with Gasteiger partial charge in [0.05, 0.1) is 42.6 Å². The number of hydrogen-bond donors (Lipinski definition) is 3. The van der Waals surface area contributed by atoms with Crippen molar-refractivity contribution < 1.29 is 76.1 Å². The lowest BCUT2D eigenvalue weighted by Crippen LogP contribution is -2.70. The number of halogens is 7. The Kier molecular flexibility index (Phi) is 16.4. The quantitative estimate of drug-likeness (QED) is 0.122. The molecule has 2 heterocycles. The van der Waals surface area contributed by atoms with Gasteiger partial charge in [-0.05, 0) is 160 Å². The van der Waals surface area contributed by atoms with Crippen molar-refractivity contribution in [3.05, 3.63) is 106 Å². The van der Waals surface area contributed by atoms with E-state index in [4.69, 9.17) is 49.2 Å². The molecule has 3 N–H and O–H groups in total. The van der Waals surface area contributed by atoms with Crippen molar-refractivity contribution in [3.63, 3.8) is 0 Å². The lowest BCUT2D eigenvalue weighted by Gasteiger charge is -2.63. The van der Waals surface area contributed by atoms with Crippen LogP contribution in [-0.4, -0.2) is 123 Å². The van der Waals surface area contributed by atoms with Crippen LogP contribution in [0.15, 0.2) is 96.1 Å². The summed E-state index contributed by atoms with van der Waals surface area (Å²) in [7, 11) is 0. The zero-order valence-corrected chi connectivity index (χ0v) is 50.9. The highest BCUT2D eigenvalue weighted by Gasteiger charge is 2.82. The molecule has 6 saturated carbocycles. The number of allylic oxidation sites excluding steroid dienone is 8. The molecule has 0 amide bonds. The van der Waals surface area contributed by atoms with E-state index in [1.54, 1.807) is 107 Å². The second-order valence-electron chi connectivity index (χ2n) is 26.5. The Hall–Kier alpha value is -4.79. The van der Waals surface area contributed by atoms with Crippen molar-refractivity contribution in [2.24, 2.45) is 69.0 Å². The summed E-state index contributed by atoms with van der Waals surface area (Å²) in [6, 6.07) is 13.9. The zero-order chi connectivity index (χ0) is 62.1. The van der Waals surface area contributed by atoms with E-state index in [2.05, 4.69) is 0 Å². The Morgan fingerprint density at radius 1 is 0.635 bits per heavy atom. The average Bonchev–Trinajstić information content (AvgIpc) is 1.74. The van der Waals surface area contributed by atoms with Gasteiger partial charge in [0.25, 0.3) is 0 Å². The Balaban J connectivity index is 0.000000174. The molecule has 2 saturated heterocycles. The Morgan fingerprint density at radius 2 is 1.01 bits per heavy atom. The number of ether oxygens (including phenoxy) is 1. The second kappa shape index (κ2) is 22.1. The third-order valence-electron chi connectivity index (χ3n) is 21.7. The van der Waals surface area contributed by atoms with Crippen molar-refractivity contribution in [1.82, 2.24) is 0 Å². The molecule has 18 atom stereocenters. The number of aliphatic hydroxyl groups excluding tert-OH is 3. The van der Waals surface area contributed by atoms with Crippen LogP contribution in [0.4, 0.5) is 28.9 Å². The van der Waals surface area contributed by atoms with Gasteiger partial charge < -0.3 is 20.1 Å². The van der Waals surface area contributed by atoms with Crippen LogP contribution < -0.4 is 10.1 Å². The predicted molar refractivity (Wildman–Crippen MR) is 309 cm³/mol. The van der Waals surface area contributed by atoms with E-state index in [1.807, 2.05) is 6.92 Å². The lowest BCUT2D eigenvalue weighted by atomic mass is 9.44. The molecule has 10 aliphatic rings. The smallest absolute Gasteiger partial charge is 0.308 e. The molecule has 0 spiro atoms. The highest BCUT2D eigenvalue weighted by molar-refractivity contribution is 6.63. The molecule has 85 heavy (non-hydrogen) atoms. The molecular formula is C64H73Cl3F4N2O12. The van der Waals surface area contributed by atoms with Crippen LogP contribution in [0, 0.1) is 69.0 Å². The minimum Gasteiger partial charge on any atom is -0.457 e. The maximum atomic E-state index is 17.6. The first-order valence-electron chi connectivity index (χ1n) is 29.2. The Labute approximate surface area is 506 Å². The standard InChI is InChI=1S/C32H36ClF2NO6.C28H30ClF2NO5.C4H7ClO/c1-17(2)28(40)41-16-27(39)32-18(15-36(42-32)20-7-5-19(33)6-8-20)11-22-23-13-25(34)24-12-21(37)9-10-29(24,3)31(23,35)26(38)14-30(22,32)4;1-25-8-7-18(34)10-21(25)22(30)11-20-19-9-15-13-32(17-5-3-16(29)4-6-17)37-28(15,24(36)14-33)26(19,2)12-23(35)27(20,25)31;1-3(2)4(5)6/h5-10,12,17-18,22-23,25-26,38H,11,13-16H2,1-4H3;3-8,10,15,19-20,22-23,33,35H,9,11-14H2,1-2H3;3H,1-2H3/t18-,22-,23-,25-,26-,29-,30-,31-,32-;15-,19-,20-,22-,23-,25-,26-,27-,28-;/m00./s1. The summed E-state index contributed by atoms with van der Waals surface area (Å²) in [5, 5.41) is 37.3. The average molecular weight is 1240 g/mol. The predicted octanol–water partition coefficient (Wildman–Crippen LogP) is 10.5. The van der Waals surface area contributed by atoms with Crippen LogP contribution >= 0.6 is 34.8 Å². The number of carbonyl (C=O) groups excluding carboxylic acids is 6. The lowest BCUT2D eigenvalue weighted by molar-refractivity contribution is -0.228. The highest BCUT2D eigenvalue weighted by atomic mass is 35.5. The molecule has 2 aliphatic heterocycles. The first-order valence-corrected chi connectivity index (χ1v) is 30.3. The number of alkyl halides is 4. The molecule has 21 heteroatoms. The highest BCUT2D eigenvalue weighted by Crippen LogP contribution is 2.75. The summed E-state index contributed by atoms with van der Waals surface area (Å²) in [6.45, 7) is 12.9. The molecule has 2 aromatic rings. The molecule has 0 bridgehead atoms. The van der Waals surface area contributed by atoms with Gasteiger partial charge in [-0.2, -0.15) is 0 Å². The molecule has 460 valence electrons. The van der Waals surface area contributed by atoms with Gasteiger partial charge in [-0.25, -0.2) is 17.6 Å². The van der Waals surface area contributed by atoms with Crippen molar-refractivity contribution in [3.8, 4) is 0 Å². The normalized spacial score (nSPS) is 41.5. The molecular weight excluding hydrogens is 1170 g/mol. The monoisotopic (exact) mass is 1240 g/mol. The fourth-order valence-electron chi connectivity index (χ4n) is 17.5. The van der Waals surface area contributed by atoms with Crippen LogP contribution in [0.2, 0.25) is 10.0 Å². The minimum absolute atomic E-state index is 0.0216. The van der Waals surface area contributed by atoms with E-state index in [0.717, 1.165) is 12.2 Å². The van der Waals surface area contributed by atoms with Gasteiger partial charge in [0.2, 0.25) is 11.0 Å². The zero-order valence-electron chi connectivity index (χ0n) is 48.6. The van der Waals surface area contributed by atoms with E-state index in [-0.39, 0.29) is 54.5 Å². The van der Waals surface area contributed by atoms with Crippen molar-refractivity contribution in [1.29, 1.82) is 0 Å². The number of hydroxylamine groups is 2. The van der Waals surface area contributed by atoms with Gasteiger partial charge in [-0.3, -0.25) is 48.6 Å². The van der Waals surface area contributed by atoms with Gasteiger partial charge >= 0.3 is 5.97 Å². The SMILES string of the molecule is CC(C)C(=O)Cl.CC(C)C(=O)OCC(=O)[C@@]12ON(c3ccc(Cl)cc3)C[C@@H]1C[C@H]1[C@@H]3C[C@H](F)C4=CC(=O)C=C[C@]4(C)[C@@]3(F)[C@@H](O)C[C@@]12C.C[C@]12C=CC(=O)C=C1[C@@H](F)C[C@H]1[C@@H]3C[C@H]4CN(c5ccc(Cl)cc5)O[C@@]4(C(=O)CO)[C@@]3(C)C[C@H](O)[C@@]12F. The number of carbonyl (C=O) groups is 6. The maximum absolute atomic E-state index is 17.6. The van der Waals surface area contributed by atoms with Crippen molar-refractivity contribution in [2.45, 2.75) is 141 Å². The molecule has 2 aromatic carbocycles. The van der Waals surface area contributed by atoms with E-state index in [0.29, 0.717) is 40.8 Å². The molecule has 0 unspecified atom stereocenters. The van der Waals surface area contributed by atoms with Crippen molar-refractivity contribution in [2.75, 3.05) is 36.4 Å². The summed E-state index contributed by atoms with van der Waals surface area (Å²) >= 11 is 17.1. The van der Waals surface area contributed by atoms with Crippen LogP contribution in [-0.2, 0) is 43.2 Å². The maximum Gasteiger partial charge on any atom is 0.308 e. The second-order valence-corrected chi connectivity index (χ2v) is 27.8. The first kappa shape index (κ1) is 63.2. The van der Waals surface area contributed by atoms with Gasteiger partial charge in [0.1, 0.15) is 19.0 Å². The Bertz CT molecular complexity index is 3200. The van der Waals surface area contributed by atoms with Crippen LogP contribution in [0.3, 0.4) is 0 Å². The summed E-state index contributed by atoms with van der Waals surface area (Å²) in [5.41, 5.74) is -11.3. The van der Waals surface area contributed by atoms with Crippen LogP contribution in [0.1, 0.15) is 93.9 Å².